The summed E-state index contributed by atoms with van der Waals surface area (Å²) in [4.78, 5) is 10.9. The summed E-state index contributed by atoms with van der Waals surface area (Å²) in [5, 5.41) is 9.34. The molecular weight excluding hydrogens is 238 g/mol. The molecule has 0 amide bonds. The highest BCUT2D eigenvalue weighted by Crippen LogP contribution is 2.03. The van der Waals surface area contributed by atoms with Gasteiger partial charge in [0.2, 0.25) is 0 Å². The lowest BCUT2D eigenvalue weighted by atomic mass is 10.3. The third-order valence-corrected chi connectivity index (χ3v) is 2.47. The molecule has 0 saturated heterocycles. The van der Waals surface area contributed by atoms with Crippen molar-refractivity contribution in [2.45, 2.75) is 13.0 Å². The van der Waals surface area contributed by atoms with E-state index in [0.717, 1.165) is 5.75 Å². The molecule has 1 unspecified atom stereocenters. The van der Waals surface area contributed by atoms with E-state index in [9.17, 15) is 9.90 Å². The van der Waals surface area contributed by atoms with Crippen LogP contribution in [0.4, 0.5) is 0 Å². The predicted molar refractivity (Wildman–Crippen MR) is 65.4 cm³/mol. The van der Waals surface area contributed by atoms with Crippen LogP contribution in [0.5, 0.6) is 0 Å². The zero-order valence-electron chi connectivity index (χ0n) is 8.77. The molecule has 0 fully saturated rings. The summed E-state index contributed by atoms with van der Waals surface area (Å²) in [7, 11) is 0. The van der Waals surface area contributed by atoms with Gasteiger partial charge < -0.3 is 15.6 Å². The lowest BCUT2D eigenvalue weighted by Gasteiger charge is -2.10. The molecule has 6 heteroatoms. The monoisotopic (exact) mass is 255 g/mol. The van der Waals surface area contributed by atoms with Gasteiger partial charge in [-0.15, -0.1) is 12.4 Å². The number of esters is 1. The minimum Gasteiger partial charge on any atom is -0.460 e. The molecule has 0 saturated carbocycles. The Morgan fingerprint density at radius 1 is 1.67 bits per heavy atom. The van der Waals surface area contributed by atoms with Crippen molar-refractivity contribution in [3.8, 4) is 0 Å². The second-order valence-electron chi connectivity index (χ2n) is 2.90. The highest BCUT2D eigenvalue weighted by atomic mass is 35.5. The summed E-state index contributed by atoms with van der Waals surface area (Å²) in [6.45, 7) is 5.60. The van der Waals surface area contributed by atoms with Gasteiger partial charge in [0.05, 0.1) is 6.10 Å². The molecule has 0 bridgehead atoms. The molecule has 0 aromatic rings. The summed E-state index contributed by atoms with van der Waals surface area (Å²) < 4.78 is 4.76. The second kappa shape index (κ2) is 10.3. The Kier molecular flexibility index (Phi) is 11.8. The third kappa shape index (κ3) is 10.1. The number of hydrogen-bond acceptors (Lipinski definition) is 5. The number of carbonyl (C=O) groups excluding carboxylic acids is 1. The van der Waals surface area contributed by atoms with Crippen LogP contribution in [0.1, 0.15) is 6.92 Å². The Labute approximate surface area is 101 Å². The van der Waals surface area contributed by atoms with Crippen molar-refractivity contribution in [1.29, 1.82) is 0 Å². The Bertz CT molecular complexity index is 202. The van der Waals surface area contributed by atoms with E-state index < -0.39 is 12.1 Å². The van der Waals surface area contributed by atoms with E-state index in [1.807, 2.05) is 0 Å². The summed E-state index contributed by atoms with van der Waals surface area (Å²) in [6, 6.07) is 0. The lowest BCUT2D eigenvalue weighted by molar-refractivity contribution is -0.141. The third-order valence-electron chi connectivity index (χ3n) is 1.33. The first kappa shape index (κ1) is 17.2. The Morgan fingerprint density at radius 3 is 2.73 bits per heavy atom. The molecule has 0 radical (unpaired) electrons. The van der Waals surface area contributed by atoms with Crippen LogP contribution in [0.25, 0.3) is 0 Å². The van der Waals surface area contributed by atoms with E-state index in [1.165, 1.54) is 11.8 Å². The number of aliphatic hydroxyl groups excluding tert-OH is 1. The molecule has 0 heterocycles. The molecule has 0 aromatic carbocycles. The number of rotatable bonds is 7. The quantitative estimate of drug-likeness (QED) is 0.396. The fourth-order valence-electron chi connectivity index (χ4n) is 0.646. The smallest absolute Gasteiger partial charge is 0.333 e. The molecule has 0 aromatic heterocycles. The van der Waals surface area contributed by atoms with Gasteiger partial charge in [-0.3, -0.25) is 0 Å². The maximum Gasteiger partial charge on any atom is 0.333 e. The highest BCUT2D eigenvalue weighted by Gasteiger charge is 2.08. The molecule has 3 N–H and O–H groups in total. The molecule has 15 heavy (non-hydrogen) atoms. The van der Waals surface area contributed by atoms with Crippen molar-refractivity contribution in [3.63, 3.8) is 0 Å². The minimum atomic E-state index is -0.630. The number of ether oxygens (including phenoxy) is 1. The maximum absolute atomic E-state index is 10.9. The molecule has 0 spiro atoms. The van der Waals surface area contributed by atoms with E-state index in [4.69, 9.17) is 10.5 Å². The number of nitrogens with two attached hydrogens (primary N) is 1. The van der Waals surface area contributed by atoms with Crippen LogP contribution in [0.2, 0.25) is 0 Å². The van der Waals surface area contributed by atoms with Gasteiger partial charge in [0.1, 0.15) is 6.61 Å². The number of thioether (sulfide) groups is 1. The molecule has 1 atom stereocenters. The number of halogens is 1. The van der Waals surface area contributed by atoms with Crippen molar-refractivity contribution in [3.05, 3.63) is 12.2 Å². The van der Waals surface area contributed by atoms with Crippen molar-refractivity contribution >= 4 is 30.1 Å². The predicted octanol–water partition coefficient (Wildman–Crippen LogP) is 0.580. The Morgan fingerprint density at radius 2 is 2.27 bits per heavy atom. The molecular formula is C9H18ClNO3S. The topological polar surface area (TPSA) is 72.5 Å². The van der Waals surface area contributed by atoms with Crippen molar-refractivity contribution < 1.29 is 14.6 Å². The lowest BCUT2D eigenvalue weighted by Crippen LogP contribution is -2.21. The Balaban J connectivity index is 0. The largest absolute Gasteiger partial charge is 0.460 e. The number of carbonyl (C=O) groups is 1. The van der Waals surface area contributed by atoms with E-state index >= 15 is 0 Å². The van der Waals surface area contributed by atoms with Crippen molar-refractivity contribution in [1.82, 2.24) is 0 Å². The zero-order chi connectivity index (χ0) is 11.0. The van der Waals surface area contributed by atoms with Crippen LogP contribution in [-0.4, -0.2) is 41.8 Å². The SMILES string of the molecule is C=C(C)C(=O)OCC(O)CSCCN.Cl. The summed E-state index contributed by atoms with van der Waals surface area (Å²) >= 11 is 1.53. The zero-order valence-corrected chi connectivity index (χ0v) is 10.4. The van der Waals surface area contributed by atoms with E-state index in [2.05, 4.69) is 6.58 Å². The molecule has 90 valence electrons. The molecule has 0 rings (SSSR count). The second-order valence-corrected chi connectivity index (χ2v) is 4.05. The van der Waals surface area contributed by atoms with E-state index in [-0.39, 0.29) is 19.0 Å². The van der Waals surface area contributed by atoms with Gasteiger partial charge in [-0.05, 0) is 6.92 Å². The van der Waals surface area contributed by atoms with Gasteiger partial charge in [-0.1, -0.05) is 6.58 Å². The van der Waals surface area contributed by atoms with Gasteiger partial charge in [0.25, 0.3) is 0 Å². The first-order valence-electron chi connectivity index (χ1n) is 4.36. The first-order valence-corrected chi connectivity index (χ1v) is 5.52. The van der Waals surface area contributed by atoms with Gasteiger partial charge in [0.15, 0.2) is 0 Å². The normalized spacial score (nSPS) is 11.4. The fourth-order valence-corrected chi connectivity index (χ4v) is 1.35. The minimum absolute atomic E-state index is 0. The van der Waals surface area contributed by atoms with E-state index in [0.29, 0.717) is 17.9 Å². The molecule has 4 nitrogen and oxygen atoms in total. The van der Waals surface area contributed by atoms with Crippen LogP contribution in [-0.2, 0) is 9.53 Å². The molecule has 0 aliphatic carbocycles. The average Bonchev–Trinajstić information content (AvgIpc) is 2.14. The van der Waals surface area contributed by atoms with Gasteiger partial charge >= 0.3 is 5.97 Å². The van der Waals surface area contributed by atoms with E-state index in [1.54, 1.807) is 6.92 Å². The van der Waals surface area contributed by atoms with Crippen LogP contribution in [0.3, 0.4) is 0 Å². The first-order chi connectivity index (χ1) is 6.57. The maximum atomic E-state index is 10.9. The van der Waals surface area contributed by atoms with Crippen LogP contribution >= 0.6 is 24.2 Å². The summed E-state index contributed by atoms with van der Waals surface area (Å²) in [5.41, 5.74) is 5.62. The summed E-state index contributed by atoms with van der Waals surface area (Å²) in [6.07, 6.45) is -0.630. The number of aliphatic hydroxyl groups is 1. The molecule has 0 aliphatic heterocycles. The van der Waals surface area contributed by atoms with Crippen LogP contribution < -0.4 is 5.73 Å². The van der Waals surface area contributed by atoms with Crippen molar-refractivity contribution in [2.75, 3.05) is 24.7 Å². The fraction of sp³-hybridized carbons (Fsp3) is 0.667. The Hall–Kier alpha value is -0.230. The number of hydrogen-bond donors (Lipinski definition) is 2. The average molecular weight is 256 g/mol. The highest BCUT2D eigenvalue weighted by molar-refractivity contribution is 7.99. The molecule has 0 aliphatic rings. The van der Waals surface area contributed by atoms with Crippen LogP contribution in [0.15, 0.2) is 12.2 Å². The standard InChI is InChI=1S/C9H17NO3S.ClH/c1-7(2)9(12)13-5-8(11)6-14-4-3-10;/h8,11H,1,3-6,10H2,2H3;1H. The van der Waals surface area contributed by atoms with Gasteiger partial charge in [-0.2, -0.15) is 11.8 Å². The van der Waals surface area contributed by atoms with Crippen LogP contribution in [0, 0.1) is 0 Å². The van der Waals surface area contributed by atoms with Gasteiger partial charge in [-0.25, -0.2) is 4.79 Å². The van der Waals surface area contributed by atoms with Gasteiger partial charge in [0, 0.05) is 23.6 Å². The van der Waals surface area contributed by atoms with Crippen molar-refractivity contribution in [2.24, 2.45) is 5.73 Å². The summed E-state index contributed by atoms with van der Waals surface area (Å²) in [5.74, 6) is 0.861.